The van der Waals surface area contributed by atoms with E-state index in [4.69, 9.17) is 26.6 Å². The van der Waals surface area contributed by atoms with Crippen LogP contribution >= 0.6 is 11.6 Å². The zero-order chi connectivity index (χ0) is 18.0. The van der Waals surface area contributed by atoms with Crippen molar-refractivity contribution in [1.29, 1.82) is 0 Å². The van der Waals surface area contributed by atoms with Crippen molar-refractivity contribution in [3.8, 4) is 5.75 Å². The van der Waals surface area contributed by atoms with Gasteiger partial charge in [0.25, 0.3) is 5.79 Å². The van der Waals surface area contributed by atoms with Gasteiger partial charge in [0.15, 0.2) is 0 Å². The first-order valence-corrected chi connectivity index (χ1v) is 6.68. The van der Waals surface area contributed by atoms with Crippen molar-refractivity contribution in [2.45, 2.75) is 38.3 Å². The molecule has 23 heavy (non-hydrogen) atoms. The highest BCUT2D eigenvalue weighted by atomic mass is 35.5. The minimum atomic E-state index is -5.44. The first-order chi connectivity index (χ1) is 10.3. The Kier molecular flexibility index (Phi) is 5.84. The van der Waals surface area contributed by atoms with Crippen molar-refractivity contribution in [2.75, 3.05) is 5.32 Å². The molecule has 130 valence electrons. The number of carbonyl (C=O) groups excluding carboxylic acids is 1. The molecule has 3 N–H and O–H groups in total. The Bertz CT molecular complexity index is 590. The van der Waals surface area contributed by atoms with E-state index in [0.717, 1.165) is 12.1 Å². The second-order valence-electron chi connectivity index (χ2n) is 4.97. The molecule has 1 aromatic carbocycles. The maximum atomic E-state index is 13.7. The summed E-state index contributed by atoms with van der Waals surface area (Å²) in [5.41, 5.74) is -0.506. The molecule has 1 amide bonds. The molecular weight excluding hydrogens is 346 g/mol. The molecule has 0 aliphatic rings. The predicted octanol–water partition coefficient (Wildman–Crippen LogP) is 2.84. The van der Waals surface area contributed by atoms with Crippen molar-refractivity contribution < 1.29 is 37.3 Å². The molecule has 0 aromatic heterocycles. The number of ether oxygens (including phenoxy) is 1. The molecule has 0 saturated heterocycles. The molecule has 0 spiro atoms. The summed E-state index contributed by atoms with van der Waals surface area (Å²) in [7, 11) is 0. The predicted molar refractivity (Wildman–Crippen MR) is 73.6 cm³/mol. The molecule has 0 atom stereocenters. The number of hydrogen-bond acceptors (Lipinski definition) is 4. The van der Waals surface area contributed by atoms with E-state index in [1.54, 1.807) is 19.2 Å². The smallest absolute Gasteiger partial charge is 0.443 e. The summed E-state index contributed by atoms with van der Waals surface area (Å²) in [6, 6.07) is 1.80. The number of nitrogens with one attached hydrogen (secondary N) is 1. The second-order valence-corrected chi connectivity index (χ2v) is 5.38. The van der Waals surface area contributed by atoms with Crippen LogP contribution in [0.4, 0.5) is 23.2 Å². The van der Waals surface area contributed by atoms with Gasteiger partial charge in [-0.3, -0.25) is 4.79 Å². The van der Waals surface area contributed by atoms with Crippen LogP contribution in [0.25, 0.3) is 0 Å². The molecular formula is C13H14ClF4NO4. The standard InChI is InChI=1S/C13H14ClF4NO4/c1-6(2)23-10-4-9(8(15)3-7(10)14)19-11(20)5-12(21,22)13(16,17)18/h3-4,6,21-22H,5H2,1-2H3,(H,19,20). The lowest BCUT2D eigenvalue weighted by Crippen LogP contribution is -2.47. The van der Waals surface area contributed by atoms with Gasteiger partial charge in [0.2, 0.25) is 5.91 Å². The Labute approximate surface area is 133 Å². The van der Waals surface area contributed by atoms with Crippen LogP contribution in [-0.2, 0) is 4.79 Å². The Hall–Kier alpha value is -1.58. The fourth-order valence-corrected chi connectivity index (χ4v) is 1.68. The van der Waals surface area contributed by atoms with Gasteiger partial charge in [-0.05, 0) is 19.9 Å². The molecule has 10 heteroatoms. The Morgan fingerprint density at radius 3 is 2.39 bits per heavy atom. The van der Waals surface area contributed by atoms with Gasteiger partial charge in [0.1, 0.15) is 11.6 Å². The number of hydrogen-bond donors (Lipinski definition) is 3. The monoisotopic (exact) mass is 359 g/mol. The van der Waals surface area contributed by atoms with Crippen LogP contribution in [0.2, 0.25) is 5.02 Å². The van der Waals surface area contributed by atoms with Crippen molar-refractivity contribution in [3.05, 3.63) is 23.0 Å². The lowest BCUT2D eigenvalue weighted by atomic mass is 10.1. The van der Waals surface area contributed by atoms with Gasteiger partial charge < -0.3 is 20.3 Å². The second kappa shape index (κ2) is 6.90. The van der Waals surface area contributed by atoms with Gasteiger partial charge in [-0.1, -0.05) is 11.6 Å². The molecule has 0 saturated carbocycles. The highest BCUT2D eigenvalue weighted by Crippen LogP contribution is 2.33. The number of rotatable bonds is 5. The highest BCUT2D eigenvalue weighted by Gasteiger charge is 2.54. The molecule has 0 aliphatic carbocycles. The summed E-state index contributed by atoms with van der Waals surface area (Å²) < 4.78 is 55.8. The summed E-state index contributed by atoms with van der Waals surface area (Å²) >= 11 is 5.74. The van der Waals surface area contributed by atoms with Crippen molar-refractivity contribution in [2.24, 2.45) is 0 Å². The molecule has 5 nitrogen and oxygen atoms in total. The topological polar surface area (TPSA) is 78.8 Å². The van der Waals surface area contributed by atoms with Gasteiger partial charge in [0, 0.05) is 6.07 Å². The highest BCUT2D eigenvalue weighted by molar-refractivity contribution is 6.32. The number of anilines is 1. The minimum Gasteiger partial charge on any atom is -0.489 e. The summed E-state index contributed by atoms with van der Waals surface area (Å²) in [6.45, 7) is 3.32. The number of carbonyl (C=O) groups is 1. The fraction of sp³-hybridized carbons (Fsp3) is 0.462. The zero-order valence-corrected chi connectivity index (χ0v) is 12.8. The quantitative estimate of drug-likeness (QED) is 0.558. The number of aliphatic hydroxyl groups is 2. The third kappa shape index (κ3) is 5.22. The van der Waals surface area contributed by atoms with E-state index in [-0.39, 0.29) is 16.9 Å². The molecule has 0 fully saturated rings. The fourth-order valence-electron chi connectivity index (χ4n) is 1.49. The Morgan fingerprint density at radius 1 is 1.35 bits per heavy atom. The number of halogens is 5. The van der Waals surface area contributed by atoms with E-state index in [9.17, 15) is 22.4 Å². The molecule has 1 aromatic rings. The largest absolute Gasteiger partial charge is 0.489 e. The first-order valence-electron chi connectivity index (χ1n) is 6.30. The van der Waals surface area contributed by atoms with Crippen molar-refractivity contribution >= 4 is 23.2 Å². The lowest BCUT2D eigenvalue weighted by molar-refractivity contribution is -0.347. The van der Waals surface area contributed by atoms with E-state index in [0.29, 0.717) is 0 Å². The Balaban J connectivity index is 2.94. The molecule has 0 heterocycles. The maximum absolute atomic E-state index is 13.7. The molecule has 0 unspecified atom stereocenters. The van der Waals surface area contributed by atoms with Gasteiger partial charge in [-0.2, -0.15) is 13.2 Å². The number of amides is 1. The normalized spacial score (nSPS) is 12.4. The van der Waals surface area contributed by atoms with Crippen LogP contribution in [0.5, 0.6) is 5.75 Å². The van der Waals surface area contributed by atoms with E-state index < -0.39 is 35.8 Å². The van der Waals surface area contributed by atoms with Gasteiger partial charge >= 0.3 is 6.18 Å². The average Bonchev–Trinajstić information content (AvgIpc) is 2.32. The van der Waals surface area contributed by atoms with Crippen LogP contribution in [0, 0.1) is 5.82 Å². The van der Waals surface area contributed by atoms with E-state index >= 15 is 0 Å². The molecule has 0 bridgehead atoms. The molecule has 0 aliphatic heterocycles. The first kappa shape index (κ1) is 19.5. The van der Waals surface area contributed by atoms with Crippen LogP contribution in [-0.4, -0.2) is 34.2 Å². The molecule has 1 rings (SSSR count). The van der Waals surface area contributed by atoms with Crippen LogP contribution in [0.1, 0.15) is 20.3 Å². The maximum Gasteiger partial charge on any atom is 0.443 e. The minimum absolute atomic E-state index is 0.00782. The SMILES string of the molecule is CC(C)Oc1cc(NC(=O)CC(O)(O)C(F)(F)F)c(F)cc1Cl. The molecule has 0 radical (unpaired) electrons. The van der Waals surface area contributed by atoms with Gasteiger partial charge in [0.05, 0.1) is 23.2 Å². The average molecular weight is 360 g/mol. The summed E-state index contributed by atoms with van der Waals surface area (Å²) in [4.78, 5) is 11.5. The van der Waals surface area contributed by atoms with Gasteiger partial charge in [-0.25, -0.2) is 4.39 Å². The summed E-state index contributed by atoms with van der Waals surface area (Å²) in [5.74, 6) is -6.69. The summed E-state index contributed by atoms with van der Waals surface area (Å²) in [6.07, 6.45) is -7.48. The Morgan fingerprint density at radius 2 is 1.91 bits per heavy atom. The van der Waals surface area contributed by atoms with E-state index in [1.807, 2.05) is 0 Å². The lowest BCUT2D eigenvalue weighted by Gasteiger charge is -2.23. The third-order valence-corrected chi connectivity index (χ3v) is 2.81. The zero-order valence-electron chi connectivity index (χ0n) is 12.0. The van der Waals surface area contributed by atoms with Crippen molar-refractivity contribution in [1.82, 2.24) is 0 Å². The van der Waals surface area contributed by atoms with Crippen LogP contribution in [0.3, 0.4) is 0 Å². The van der Waals surface area contributed by atoms with E-state index in [2.05, 4.69) is 0 Å². The van der Waals surface area contributed by atoms with Crippen LogP contribution in [0.15, 0.2) is 12.1 Å². The van der Waals surface area contributed by atoms with Crippen molar-refractivity contribution in [3.63, 3.8) is 0 Å². The third-order valence-electron chi connectivity index (χ3n) is 2.52. The van der Waals surface area contributed by atoms with Crippen LogP contribution < -0.4 is 10.1 Å². The van der Waals surface area contributed by atoms with E-state index in [1.165, 1.54) is 0 Å². The number of benzene rings is 1. The number of alkyl halides is 3. The summed E-state index contributed by atoms with van der Waals surface area (Å²) in [5, 5.41) is 19.3. The van der Waals surface area contributed by atoms with Gasteiger partial charge in [-0.15, -0.1) is 0 Å².